The molecule has 0 saturated carbocycles. The van der Waals surface area contributed by atoms with Crippen LogP contribution in [0, 0.1) is 11.8 Å². The number of rotatable bonds is 19. The lowest BCUT2D eigenvalue weighted by Crippen LogP contribution is -2.25. The smallest absolute Gasteiger partial charge is 0.0466 e. The minimum absolute atomic E-state index is 0.834. The molecule has 0 amide bonds. The lowest BCUT2D eigenvalue weighted by molar-refractivity contribution is 0.122. The molecule has 0 fully saturated rings. The summed E-state index contributed by atoms with van der Waals surface area (Å²) in [4.78, 5) is 2.49. The van der Waals surface area contributed by atoms with Gasteiger partial charge in [0.1, 0.15) is 0 Å². The first kappa shape index (κ1) is 24.9. The minimum Gasteiger partial charge on any atom is -0.381 e. The molecule has 2 heteroatoms. The molecule has 0 aromatic rings. The standard InChI is InChI=1S/C23H49NO/c1-6-8-9-10-16-22(3)17-11-13-19-25-20-14-12-18-24(5)21-23(4)15-7-2/h22-23H,6-21H2,1-5H3. The van der Waals surface area contributed by atoms with Crippen LogP contribution in [0.1, 0.15) is 105 Å². The molecule has 2 nitrogen and oxygen atoms in total. The topological polar surface area (TPSA) is 12.5 Å². The summed E-state index contributed by atoms with van der Waals surface area (Å²) in [5.74, 6) is 1.74. The maximum atomic E-state index is 5.81. The number of unbranched alkanes of at least 4 members (excludes halogenated alkanes) is 5. The van der Waals surface area contributed by atoms with Crippen LogP contribution in [0.2, 0.25) is 0 Å². The highest BCUT2D eigenvalue weighted by Gasteiger charge is 2.05. The van der Waals surface area contributed by atoms with Gasteiger partial charge in [-0.3, -0.25) is 0 Å². The average molecular weight is 356 g/mol. The molecule has 0 aromatic heterocycles. The van der Waals surface area contributed by atoms with E-state index < -0.39 is 0 Å². The minimum atomic E-state index is 0.834. The van der Waals surface area contributed by atoms with E-state index in [9.17, 15) is 0 Å². The van der Waals surface area contributed by atoms with Gasteiger partial charge in [-0.05, 0) is 51.1 Å². The predicted octanol–water partition coefficient (Wildman–Crippen LogP) is 6.93. The lowest BCUT2D eigenvalue weighted by atomic mass is 9.97. The molecular weight excluding hydrogens is 306 g/mol. The first-order valence-corrected chi connectivity index (χ1v) is 11.4. The van der Waals surface area contributed by atoms with Crippen molar-refractivity contribution in [1.82, 2.24) is 4.90 Å². The normalized spacial score (nSPS) is 14.2. The first-order valence-electron chi connectivity index (χ1n) is 11.4. The lowest BCUT2D eigenvalue weighted by Gasteiger charge is -2.20. The Balaban J connectivity index is 3.28. The Kier molecular flexibility index (Phi) is 18.6. The van der Waals surface area contributed by atoms with Crippen LogP contribution in [-0.4, -0.2) is 38.3 Å². The fraction of sp³-hybridized carbons (Fsp3) is 1.00. The van der Waals surface area contributed by atoms with Crippen LogP contribution in [0.3, 0.4) is 0 Å². The average Bonchev–Trinajstić information content (AvgIpc) is 2.57. The van der Waals surface area contributed by atoms with Gasteiger partial charge in [0.15, 0.2) is 0 Å². The van der Waals surface area contributed by atoms with Crippen molar-refractivity contribution in [3.05, 3.63) is 0 Å². The van der Waals surface area contributed by atoms with E-state index in [4.69, 9.17) is 4.74 Å². The van der Waals surface area contributed by atoms with Crippen LogP contribution in [0.25, 0.3) is 0 Å². The Labute approximate surface area is 160 Å². The molecule has 0 aliphatic rings. The van der Waals surface area contributed by atoms with Gasteiger partial charge in [0, 0.05) is 19.8 Å². The van der Waals surface area contributed by atoms with Crippen molar-refractivity contribution < 1.29 is 4.74 Å². The second-order valence-electron chi connectivity index (χ2n) is 8.43. The van der Waals surface area contributed by atoms with E-state index in [1.165, 1.54) is 90.1 Å². The van der Waals surface area contributed by atoms with Crippen molar-refractivity contribution >= 4 is 0 Å². The third-order valence-corrected chi connectivity index (χ3v) is 5.27. The number of hydrogen-bond donors (Lipinski definition) is 0. The summed E-state index contributed by atoms with van der Waals surface area (Å²) >= 11 is 0. The second-order valence-corrected chi connectivity index (χ2v) is 8.43. The molecule has 152 valence electrons. The van der Waals surface area contributed by atoms with E-state index in [0.29, 0.717) is 0 Å². The maximum Gasteiger partial charge on any atom is 0.0466 e. The molecule has 0 aliphatic carbocycles. The molecule has 25 heavy (non-hydrogen) atoms. The zero-order chi connectivity index (χ0) is 18.8. The summed E-state index contributed by atoms with van der Waals surface area (Å²) in [5, 5.41) is 0. The van der Waals surface area contributed by atoms with Gasteiger partial charge >= 0.3 is 0 Å². The zero-order valence-corrected chi connectivity index (χ0v) is 18.3. The highest BCUT2D eigenvalue weighted by molar-refractivity contribution is 4.59. The van der Waals surface area contributed by atoms with E-state index in [2.05, 4.69) is 39.6 Å². The largest absolute Gasteiger partial charge is 0.381 e. The van der Waals surface area contributed by atoms with Gasteiger partial charge in [-0.15, -0.1) is 0 Å². The fourth-order valence-corrected chi connectivity index (χ4v) is 3.66. The highest BCUT2D eigenvalue weighted by Crippen LogP contribution is 2.16. The molecule has 0 rings (SSSR count). The summed E-state index contributed by atoms with van der Waals surface area (Å²) in [6, 6.07) is 0. The maximum absolute atomic E-state index is 5.81. The summed E-state index contributed by atoms with van der Waals surface area (Å²) in [5.41, 5.74) is 0. The van der Waals surface area contributed by atoms with Crippen molar-refractivity contribution in [2.45, 2.75) is 105 Å². The third-order valence-electron chi connectivity index (χ3n) is 5.27. The summed E-state index contributed by atoms with van der Waals surface area (Å²) in [7, 11) is 2.26. The van der Waals surface area contributed by atoms with Crippen molar-refractivity contribution in [3.8, 4) is 0 Å². The van der Waals surface area contributed by atoms with Crippen LogP contribution < -0.4 is 0 Å². The molecule has 0 aliphatic heterocycles. The second kappa shape index (κ2) is 18.7. The van der Waals surface area contributed by atoms with Crippen molar-refractivity contribution in [2.75, 3.05) is 33.4 Å². The molecular formula is C23H49NO. The highest BCUT2D eigenvalue weighted by atomic mass is 16.5. The molecule has 0 radical (unpaired) electrons. The van der Waals surface area contributed by atoms with E-state index in [1.54, 1.807) is 0 Å². The monoisotopic (exact) mass is 355 g/mol. The Morgan fingerprint density at radius 2 is 1.32 bits per heavy atom. The first-order chi connectivity index (χ1) is 12.1. The van der Waals surface area contributed by atoms with Gasteiger partial charge in [-0.2, -0.15) is 0 Å². The fourth-order valence-electron chi connectivity index (χ4n) is 3.66. The van der Waals surface area contributed by atoms with Crippen LogP contribution in [0.15, 0.2) is 0 Å². The number of ether oxygens (including phenoxy) is 1. The number of hydrogen-bond acceptors (Lipinski definition) is 2. The summed E-state index contributed by atoms with van der Waals surface area (Å²) in [6.45, 7) is 13.7. The van der Waals surface area contributed by atoms with Gasteiger partial charge in [0.05, 0.1) is 0 Å². The van der Waals surface area contributed by atoms with Gasteiger partial charge in [0.25, 0.3) is 0 Å². The molecule has 0 heterocycles. The SMILES string of the molecule is CCCCCCC(C)CCCCOCCCCN(C)CC(C)CCC. The number of nitrogens with zero attached hydrogens (tertiary/aromatic N) is 1. The third kappa shape index (κ3) is 18.5. The van der Waals surface area contributed by atoms with Gasteiger partial charge in [0.2, 0.25) is 0 Å². The Morgan fingerprint density at radius 1 is 0.680 bits per heavy atom. The Morgan fingerprint density at radius 3 is 1.96 bits per heavy atom. The van der Waals surface area contributed by atoms with Crippen molar-refractivity contribution in [1.29, 1.82) is 0 Å². The van der Waals surface area contributed by atoms with Crippen molar-refractivity contribution in [2.24, 2.45) is 11.8 Å². The van der Waals surface area contributed by atoms with E-state index in [1.807, 2.05) is 0 Å². The van der Waals surface area contributed by atoms with Crippen LogP contribution in [0.4, 0.5) is 0 Å². The van der Waals surface area contributed by atoms with Crippen LogP contribution in [0.5, 0.6) is 0 Å². The Hall–Kier alpha value is -0.0800. The molecule has 2 unspecified atom stereocenters. The quantitative estimate of drug-likeness (QED) is 0.233. The molecule has 0 saturated heterocycles. The molecule has 2 atom stereocenters. The molecule has 0 N–H and O–H groups in total. The zero-order valence-electron chi connectivity index (χ0n) is 18.3. The van der Waals surface area contributed by atoms with Gasteiger partial charge in [-0.25, -0.2) is 0 Å². The van der Waals surface area contributed by atoms with E-state index >= 15 is 0 Å². The van der Waals surface area contributed by atoms with E-state index in [0.717, 1.165) is 25.0 Å². The van der Waals surface area contributed by atoms with Gasteiger partial charge in [-0.1, -0.05) is 79.1 Å². The molecule has 0 spiro atoms. The van der Waals surface area contributed by atoms with Gasteiger partial charge < -0.3 is 9.64 Å². The van der Waals surface area contributed by atoms with Crippen LogP contribution >= 0.6 is 0 Å². The predicted molar refractivity (Wildman–Crippen MR) is 113 cm³/mol. The summed E-state index contributed by atoms with van der Waals surface area (Å²) in [6.07, 6.45) is 16.1. The Bertz CT molecular complexity index is 256. The van der Waals surface area contributed by atoms with E-state index in [-0.39, 0.29) is 0 Å². The molecule has 0 bridgehead atoms. The molecule has 0 aromatic carbocycles. The van der Waals surface area contributed by atoms with Crippen molar-refractivity contribution in [3.63, 3.8) is 0 Å². The van der Waals surface area contributed by atoms with Crippen LogP contribution in [-0.2, 0) is 4.74 Å². The summed E-state index contributed by atoms with van der Waals surface area (Å²) < 4.78 is 5.81.